The summed E-state index contributed by atoms with van der Waals surface area (Å²) in [5.41, 5.74) is 3.15. The van der Waals surface area contributed by atoms with E-state index in [-0.39, 0.29) is 18.1 Å². The number of carbonyl (C=O) groups is 2. The van der Waals surface area contributed by atoms with Crippen molar-refractivity contribution < 1.29 is 14.3 Å². The molecule has 0 aliphatic heterocycles. The fourth-order valence-corrected chi connectivity index (χ4v) is 4.69. The standard InChI is InChI=1S/C22H23NO.C14H26N2O2/c1-17(23-18(2)24-16-19-8-4-3-5-9-19)14-20-12-13-21-10-6-7-11-22(21)15-20;1-10(2)6-13(8-17)16-12(5)14(15-9-18)7-11(3)4/h3-13,15,17,23H,2,14,16H2,1H3;8-11,13-14,16H,5-7H2,1-4H3,(H,15,18)/t;13?,14-/m.0/s1. The molecule has 0 bridgehead atoms. The van der Waals surface area contributed by atoms with Crippen LogP contribution in [-0.4, -0.2) is 30.8 Å². The summed E-state index contributed by atoms with van der Waals surface area (Å²) in [4.78, 5) is 21.6. The van der Waals surface area contributed by atoms with Crippen LogP contribution in [0.1, 0.15) is 58.6 Å². The number of carbonyl (C=O) groups excluding carboxylic acids is 2. The van der Waals surface area contributed by atoms with Gasteiger partial charge in [-0.1, -0.05) is 107 Å². The molecule has 0 aromatic heterocycles. The predicted octanol–water partition coefficient (Wildman–Crippen LogP) is 6.91. The Morgan fingerprint density at radius 2 is 1.43 bits per heavy atom. The van der Waals surface area contributed by atoms with Crippen LogP contribution in [0.15, 0.2) is 97.5 Å². The van der Waals surface area contributed by atoms with E-state index in [2.05, 4.69) is 106 Å². The van der Waals surface area contributed by atoms with Crippen LogP contribution < -0.4 is 16.0 Å². The smallest absolute Gasteiger partial charge is 0.207 e. The highest BCUT2D eigenvalue weighted by molar-refractivity contribution is 5.83. The maximum atomic E-state index is 11.0. The number of ether oxygens (including phenoxy) is 1. The third-order valence-corrected chi connectivity index (χ3v) is 6.68. The van der Waals surface area contributed by atoms with Gasteiger partial charge in [0, 0.05) is 11.7 Å². The molecule has 0 aliphatic rings. The van der Waals surface area contributed by atoms with E-state index in [9.17, 15) is 9.59 Å². The van der Waals surface area contributed by atoms with Gasteiger partial charge >= 0.3 is 0 Å². The highest BCUT2D eigenvalue weighted by Gasteiger charge is 2.17. The van der Waals surface area contributed by atoms with E-state index in [0.717, 1.165) is 31.1 Å². The second-order valence-corrected chi connectivity index (χ2v) is 11.6. The molecule has 0 saturated carbocycles. The molecule has 226 valence electrons. The number of hydrogen-bond donors (Lipinski definition) is 3. The van der Waals surface area contributed by atoms with Crippen molar-refractivity contribution in [2.45, 2.75) is 78.6 Å². The number of rotatable bonds is 17. The highest BCUT2D eigenvalue weighted by atomic mass is 16.5. The third kappa shape index (κ3) is 13.1. The number of fused-ring (bicyclic) bond motifs is 1. The molecule has 0 saturated heterocycles. The van der Waals surface area contributed by atoms with E-state index in [0.29, 0.717) is 36.4 Å². The van der Waals surface area contributed by atoms with Crippen molar-refractivity contribution in [3.8, 4) is 0 Å². The van der Waals surface area contributed by atoms with Gasteiger partial charge in [-0.2, -0.15) is 0 Å². The summed E-state index contributed by atoms with van der Waals surface area (Å²) in [6.07, 6.45) is 4.07. The summed E-state index contributed by atoms with van der Waals surface area (Å²) in [6, 6.07) is 25.1. The lowest BCUT2D eigenvalue weighted by molar-refractivity contribution is -0.110. The Labute approximate surface area is 252 Å². The summed E-state index contributed by atoms with van der Waals surface area (Å²) in [5, 5.41) is 11.7. The SMILES string of the molecule is C=C(NC(C)Cc1ccc2ccccc2c1)OCc1ccccc1.C=C(NC(C=O)CC(C)C)[C@H](CC(C)C)NC=O. The molecule has 1 amide bonds. The first kappa shape index (κ1) is 34.1. The zero-order chi connectivity index (χ0) is 30.9. The Hall–Kier alpha value is -4.06. The molecule has 0 heterocycles. The number of aldehydes is 1. The third-order valence-electron chi connectivity index (χ3n) is 6.68. The minimum absolute atomic E-state index is 0.128. The van der Waals surface area contributed by atoms with Crippen molar-refractivity contribution in [1.29, 1.82) is 0 Å². The molecule has 3 atom stereocenters. The second kappa shape index (κ2) is 18.4. The van der Waals surface area contributed by atoms with Crippen molar-refractivity contribution in [2.75, 3.05) is 0 Å². The number of amides is 1. The van der Waals surface area contributed by atoms with Crippen LogP contribution in [0.5, 0.6) is 0 Å². The van der Waals surface area contributed by atoms with E-state index in [1.165, 1.54) is 16.3 Å². The van der Waals surface area contributed by atoms with Crippen LogP contribution in [0.4, 0.5) is 0 Å². The van der Waals surface area contributed by atoms with Gasteiger partial charge in [-0.25, -0.2) is 0 Å². The number of benzene rings is 3. The average Bonchev–Trinajstić information content (AvgIpc) is 2.95. The Kier molecular flexibility index (Phi) is 14.9. The van der Waals surface area contributed by atoms with Crippen LogP contribution in [-0.2, 0) is 27.4 Å². The molecule has 3 N–H and O–H groups in total. The fraction of sp³-hybridized carbons (Fsp3) is 0.389. The van der Waals surface area contributed by atoms with Gasteiger partial charge in [0.25, 0.3) is 0 Å². The van der Waals surface area contributed by atoms with Crippen molar-refractivity contribution in [1.82, 2.24) is 16.0 Å². The van der Waals surface area contributed by atoms with E-state index in [1.54, 1.807) is 0 Å². The maximum Gasteiger partial charge on any atom is 0.207 e. The van der Waals surface area contributed by atoms with E-state index >= 15 is 0 Å². The van der Waals surface area contributed by atoms with Crippen LogP contribution in [0.25, 0.3) is 10.8 Å². The van der Waals surface area contributed by atoms with Gasteiger partial charge in [-0.15, -0.1) is 0 Å². The fourth-order valence-electron chi connectivity index (χ4n) is 4.69. The van der Waals surface area contributed by atoms with Crippen LogP contribution in [0, 0.1) is 11.8 Å². The zero-order valence-corrected chi connectivity index (χ0v) is 25.9. The molecule has 0 radical (unpaired) electrons. The summed E-state index contributed by atoms with van der Waals surface area (Å²) in [7, 11) is 0. The molecule has 6 nitrogen and oxygen atoms in total. The molecule has 42 heavy (non-hydrogen) atoms. The molecule has 3 aromatic carbocycles. The quantitative estimate of drug-likeness (QED) is 0.121. The molecule has 3 rings (SSSR count). The Bertz CT molecular complexity index is 1260. The van der Waals surface area contributed by atoms with Crippen molar-refractivity contribution in [2.24, 2.45) is 11.8 Å². The second-order valence-electron chi connectivity index (χ2n) is 11.6. The van der Waals surface area contributed by atoms with Gasteiger partial charge in [0.1, 0.15) is 12.9 Å². The molecule has 3 aromatic rings. The van der Waals surface area contributed by atoms with Crippen LogP contribution in [0.2, 0.25) is 0 Å². The highest BCUT2D eigenvalue weighted by Crippen LogP contribution is 2.17. The lowest BCUT2D eigenvalue weighted by atomic mass is 10.00. The van der Waals surface area contributed by atoms with Gasteiger partial charge in [-0.3, -0.25) is 4.79 Å². The lowest BCUT2D eigenvalue weighted by Crippen LogP contribution is -2.41. The first-order valence-electron chi connectivity index (χ1n) is 14.8. The summed E-state index contributed by atoms with van der Waals surface area (Å²) in [6.45, 7) is 18.9. The number of hydrogen-bond acceptors (Lipinski definition) is 5. The molecule has 0 fully saturated rings. The predicted molar refractivity (Wildman–Crippen MR) is 175 cm³/mol. The van der Waals surface area contributed by atoms with Gasteiger partial charge in [0.2, 0.25) is 6.41 Å². The molecular formula is C36H49N3O3. The first-order chi connectivity index (χ1) is 20.1. The van der Waals surface area contributed by atoms with Crippen LogP contribution >= 0.6 is 0 Å². The largest absolute Gasteiger partial charge is 0.475 e. The normalized spacial score (nSPS) is 12.8. The Balaban J connectivity index is 0.000000309. The van der Waals surface area contributed by atoms with E-state index in [4.69, 9.17) is 4.74 Å². The molecule has 0 spiro atoms. The number of nitrogens with one attached hydrogen (secondary N) is 3. The summed E-state index contributed by atoms with van der Waals surface area (Å²) in [5.74, 6) is 1.50. The Morgan fingerprint density at radius 1 is 0.786 bits per heavy atom. The maximum absolute atomic E-state index is 11.0. The molecular weight excluding hydrogens is 522 g/mol. The molecule has 2 unspecified atom stereocenters. The minimum atomic E-state index is -0.236. The van der Waals surface area contributed by atoms with Crippen molar-refractivity contribution in [3.05, 3.63) is 109 Å². The topological polar surface area (TPSA) is 79.5 Å². The zero-order valence-electron chi connectivity index (χ0n) is 25.9. The summed E-state index contributed by atoms with van der Waals surface area (Å²) < 4.78 is 5.70. The van der Waals surface area contributed by atoms with Gasteiger partial charge in [0.05, 0.1) is 12.1 Å². The first-order valence-corrected chi connectivity index (χ1v) is 14.8. The van der Waals surface area contributed by atoms with E-state index in [1.807, 2.05) is 30.3 Å². The van der Waals surface area contributed by atoms with Crippen molar-refractivity contribution >= 4 is 23.5 Å². The summed E-state index contributed by atoms with van der Waals surface area (Å²) >= 11 is 0. The van der Waals surface area contributed by atoms with E-state index < -0.39 is 0 Å². The Morgan fingerprint density at radius 3 is 2.05 bits per heavy atom. The lowest BCUT2D eigenvalue weighted by Gasteiger charge is -2.25. The van der Waals surface area contributed by atoms with Gasteiger partial charge in [-0.05, 0) is 66.5 Å². The minimum Gasteiger partial charge on any atom is -0.475 e. The van der Waals surface area contributed by atoms with Crippen molar-refractivity contribution in [3.63, 3.8) is 0 Å². The van der Waals surface area contributed by atoms with Gasteiger partial charge in [0.15, 0.2) is 5.88 Å². The van der Waals surface area contributed by atoms with Gasteiger partial charge < -0.3 is 25.5 Å². The molecule has 6 heteroatoms. The van der Waals surface area contributed by atoms with Crippen LogP contribution in [0.3, 0.4) is 0 Å². The molecule has 0 aliphatic carbocycles. The average molecular weight is 572 g/mol. The monoisotopic (exact) mass is 571 g/mol.